The SMILES string of the molecule is CCNC(C)c1ccc2c(c1)CCN2Cc1ccccn1. The minimum atomic E-state index is 0.421. The van der Waals surface area contributed by atoms with Crippen molar-refractivity contribution in [3.05, 3.63) is 59.4 Å². The Bertz CT molecular complexity index is 595. The second-order valence-electron chi connectivity index (χ2n) is 5.66. The molecule has 0 saturated carbocycles. The summed E-state index contributed by atoms with van der Waals surface area (Å²) in [6.45, 7) is 7.37. The van der Waals surface area contributed by atoms with Gasteiger partial charge >= 0.3 is 0 Å². The average molecular weight is 281 g/mol. The zero-order chi connectivity index (χ0) is 14.7. The minimum Gasteiger partial charge on any atom is -0.365 e. The van der Waals surface area contributed by atoms with E-state index in [1.807, 2.05) is 12.3 Å². The molecule has 1 atom stereocenters. The van der Waals surface area contributed by atoms with Crippen molar-refractivity contribution in [2.45, 2.75) is 32.9 Å². The van der Waals surface area contributed by atoms with Crippen LogP contribution in [0.3, 0.4) is 0 Å². The summed E-state index contributed by atoms with van der Waals surface area (Å²) in [4.78, 5) is 6.86. The summed E-state index contributed by atoms with van der Waals surface area (Å²) in [7, 11) is 0. The molecule has 1 aliphatic heterocycles. The smallest absolute Gasteiger partial charge is 0.0602 e. The Morgan fingerprint density at radius 1 is 1.29 bits per heavy atom. The summed E-state index contributed by atoms with van der Waals surface area (Å²) in [5, 5.41) is 3.48. The number of benzene rings is 1. The zero-order valence-corrected chi connectivity index (χ0v) is 12.8. The summed E-state index contributed by atoms with van der Waals surface area (Å²) in [6, 6.07) is 13.4. The van der Waals surface area contributed by atoms with Crippen molar-refractivity contribution < 1.29 is 0 Å². The van der Waals surface area contributed by atoms with E-state index in [9.17, 15) is 0 Å². The van der Waals surface area contributed by atoms with Gasteiger partial charge in [0.15, 0.2) is 0 Å². The number of pyridine rings is 1. The standard InChI is InChI=1S/C18H23N3/c1-3-19-14(2)15-7-8-18-16(12-15)9-11-21(18)13-17-6-4-5-10-20-17/h4-8,10,12,14,19H,3,9,11,13H2,1-2H3. The molecular formula is C18H23N3. The molecule has 0 spiro atoms. The predicted molar refractivity (Wildman–Crippen MR) is 87.5 cm³/mol. The maximum atomic E-state index is 4.43. The van der Waals surface area contributed by atoms with E-state index in [0.717, 1.165) is 31.7 Å². The van der Waals surface area contributed by atoms with E-state index in [4.69, 9.17) is 0 Å². The van der Waals surface area contributed by atoms with Gasteiger partial charge in [-0.25, -0.2) is 0 Å². The molecule has 1 unspecified atom stereocenters. The van der Waals surface area contributed by atoms with Crippen LogP contribution in [0.1, 0.15) is 36.7 Å². The number of nitrogens with zero attached hydrogens (tertiary/aromatic N) is 2. The van der Waals surface area contributed by atoms with Crippen LogP contribution < -0.4 is 10.2 Å². The van der Waals surface area contributed by atoms with Crippen molar-refractivity contribution in [3.63, 3.8) is 0 Å². The lowest BCUT2D eigenvalue weighted by Gasteiger charge is -2.20. The Morgan fingerprint density at radius 3 is 2.95 bits per heavy atom. The highest BCUT2D eigenvalue weighted by Crippen LogP contribution is 2.31. The zero-order valence-electron chi connectivity index (χ0n) is 12.8. The number of hydrogen-bond acceptors (Lipinski definition) is 3. The van der Waals surface area contributed by atoms with E-state index < -0.39 is 0 Å². The van der Waals surface area contributed by atoms with Crippen LogP contribution in [0.5, 0.6) is 0 Å². The summed E-state index contributed by atoms with van der Waals surface area (Å²) in [5.41, 5.74) is 5.35. The lowest BCUT2D eigenvalue weighted by molar-refractivity contribution is 0.598. The minimum absolute atomic E-state index is 0.421. The second kappa shape index (κ2) is 6.27. The fraction of sp³-hybridized carbons (Fsp3) is 0.389. The Hall–Kier alpha value is -1.87. The fourth-order valence-electron chi connectivity index (χ4n) is 3.03. The molecule has 21 heavy (non-hydrogen) atoms. The maximum absolute atomic E-state index is 4.43. The van der Waals surface area contributed by atoms with E-state index in [-0.39, 0.29) is 0 Å². The highest BCUT2D eigenvalue weighted by molar-refractivity contribution is 5.59. The first kappa shape index (κ1) is 14.1. The first-order valence-electron chi connectivity index (χ1n) is 7.79. The molecule has 0 fully saturated rings. The van der Waals surface area contributed by atoms with E-state index in [1.165, 1.54) is 16.8 Å². The molecule has 0 saturated heterocycles. The van der Waals surface area contributed by atoms with Crippen molar-refractivity contribution >= 4 is 5.69 Å². The molecule has 1 aromatic carbocycles. The van der Waals surface area contributed by atoms with Gasteiger partial charge in [-0.05, 0) is 49.2 Å². The average Bonchev–Trinajstić information content (AvgIpc) is 2.91. The molecule has 110 valence electrons. The van der Waals surface area contributed by atoms with E-state index in [1.54, 1.807) is 0 Å². The van der Waals surface area contributed by atoms with Crippen LogP contribution in [0, 0.1) is 0 Å². The van der Waals surface area contributed by atoms with Crippen LogP contribution in [-0.4, -0.2) is 18.1 Å². The van der Waals surface area contributed by atoms with Gasteiger partial charge < -0.3 is 10.2 Å². The van der Waals surface area contributed by atoms with Crippen LogP contribution in [0.15, 0.2) is 42.6 Å². The topological polar surface area (TPSA) is 28.2 Å². The number of aromatic nitrogens is 1. The number of rotatable bonds is 5. The Kier molecular flexibility index (Phi) is 4.20. The third-order valence-corrected chi connectivity index (χ3v) is 4.18. The summed E-state index contributed by atoms with van der Waals surface area (Å²) >= 11 is 0. The van der Waals surface area contributed by atoms with Gasteiger partial charge in [-0.3, -0.25) is 4.98 Å². The van der Waals surface area contributed by atoms with Crippen LogP contribution in [0.2, 0.25) is 0 Å². The molecule has 0 radical (unpaired) electrons. The molecule has 0 bridgehead atoms. The first-order valence-corrected chi connectivity index (χ1v) is 7.79. The normalized spacial score (nSPS) is 15.0. The van der Waals surface area contributed by atoms with Crippen LogP contribution in [0.25, 0.3) is 0 Å². The first-order chi connectivity index (χ1) is 10.3. The third kappa shape index (κ3) is 3.08. The Morgan fingerprint density at radius 2 is 2.19 bits per heavy atom. The lowest BCUT2D eigenvalue weighted by atomic mass is 10.0. The summed E-state index contributed by atoms with van der Waals surface area (Å²) in [6.07, 6.45) is 3.00. The molecule has 3 heteroatoms. The molecule has 1 aromatic heterocycles. The van der Waals surface area contributed by atoms with Crippen LogP contribution in [0.4, 0.5) is 5.69 Å². The highest BCUT2D eigenvalue weighted by atomic mass is 15.2. The molecule has 3 nitrogen and oxygen atoms in total. The molecule has 2 aromatic rings. The second-order valence-corrected chi connectivity index (χ2v) is 5.66. The van der Waals surface area contributed by atoms with E-state index in [0.29, 0.717) is 6.04 Å². The summed E-state index contributed by atoms with van der Waals surface area (Å²) < 4.78 is 0. The summed E-state index contributed by atoms with van der Waals surface area (Å²) in [5.74, 6) is 0. The van der Waals surface area contributed by atoms with Gasteiger partial charge in [-0.15, -0.1) is 0 Å². The largest absolute Gasteiger partial charge is 0.365 e. The number of nitrogens with one attached hydrogen (secondary N) is 1. The van der Waals surface area contributed by atoms with Crippen molar-refractivity contribution in [1.29, 1.82) is 0 Å². The maximum Gasteiger partial charge on any atom is 0.0602 e. The molecule has 0 amide bonds. The van der Waals surface area contributed by atoms with Crippen molar-refractivity contribution in [2.75, 3.05) is 18.0 Å². The molecular weight excluding hydrogens is 258 g/mol. The van der Waals surface area contributed by atoms with Crippen molar-refractivity contribution in [3.8, 4) is 0 Å². The van der Waals surface area contributed by atoms with Gasteiger partial charge in [0.1, 0.15) is 0 Å². The van der Waals surface area contributed by atoms with Crippen molar-refractivity contribution in [2.24, 2.45) is 0 Å². The molecule has 1 aliphatic rings. The van der Waals surface area contributed by atoms with Gasteiger partial charge in [-0.2, -0.15) is 0 Å². The highest BCUT2D eigenvalue weighted by Gasteiger charge is 2.20. The van der Waals surface area contributed by atoms with Gasteiger partial charge in [0.25, 0.3) is 0 Å². The Balaban J connectivity index is 1.77. The fourth-order valence-corrected chi connectivity index (χ4v) is 3.03. The number of fused-ring (bicyclic) bond motifs is 1. The third-order valence-electron chi connectivity index (χ3n) is 4.18. The van der Waals surface area contributed by atoms with Crippen LogP contribution in [-0.2, 0) is 13.0 Å². The predicted octanol–water partition coefficient (Wildman–Crippen LogP) is 3.31. The Labute approximate surface area is 127 Å². The number of anilines is 1. The monoisotopic (exact) mass is 281 g/mol. The van der Waals surface area contributed by atoms with Gasteiger partial charge in [-0.1, -0.05) is 25.1 Å². The van der Waals surface area contributed by atoms with E-state index >= 15 is 0 Å². The number of hydrogen-bond donors (Lipinski definition) is 1. The lowest BCUT2D eigenvalue weighted by Crippen LogP contribution is -2.20. The molecule has 1 N–H and O–H groups in total. The van der Waals surface area contributed by atoms with Crippen LogP contribution >= 0.6 is 0 Å². The van der Waals surface area contributed by atoms with Gasteiger partial charge in [0.2, 0.25) is 0 Å². The molecule has 0 aliphatic carbocycles. The van der Waals surface area contributed by atoms with E-state index in [2.05, 4.69) is 59.4 Å². The molecule has 3 rings (SSSR count). The molecule has 2 heterocycles. The quantitative estimate of drug-likeness (QED) is 0.911. The van der Waals surface area contributed by atoms with Gasteiger partial charge in [0, 0.05) is 24.5 Å². The van der Waals surface area contributed by atoms with Crippen molar-refractivity contribution in [1.82, 2.24) is 10.3 Å². The van der Waals surface area contributed by atoms with Gasteiger partial charge in [0.05, 0.1) is 12.2 Å².